The summed E-state index contributed by atoms with van der Waals surface area (Å²) in [6.45, 7) is 2.02. The van der Waals surface area contributed by atoms with E-state index in [1.165, 1.54) is 11.8 Å². The molecule has 2 aromatic carbocycles. The normalized spacial score (nSPS) is 11.2. The predicted molar refractivity (Wildman–Crippen MR) is 107 cm³/mol. The molecule has 6 heteroatoms. The van der Waals surface area contributed by atoms with Crippen molar-refractivity contribution in [3.05, 3.63) is 77.5 Å². The smallest absolute Gasteiger partial charge is 0.289 e. The van der Waals surface area contributed by atoms with Gasteiger partial charge in [-0.1, -0.05) is 48.0 Å². The van der Waals surface area contributed by atoms with Crippen LogP contribution in [0.15, 0.2) is 65.8 Å². The van der Waals surface area contributed by atoms with Crippen LogP contribution in [0.25, 0.3) is 17.3 Å². The first-order valence-electron chi connectivity index (χ1n) is 8.43. The van der Waals surface area contributed by atoms with Crippen molar-refractivity contribution >= 4 is 18.2 Å². The summed E-state index contributed by atoms with van der Waals surface area (Å²) in [4.78, 5) is 12.1. The maximum absolute atomic E-state index is 12.1. The summed E-state index contributed by atoms with van der Waals surface area (Å²) in [5.41, 5.74) is 6.55. The van der Waals surface area contributed by atoms with Crippen LogP contribution >= 0.6 is 0 Å². The van der Waals surface area contributed by atoms with Crippen molar-refractivity contribution < 1.29 is 9.53 Å². The summed E-state index contributed by atoms with van der Waals surface area (Å²) in [6.07, 6.45) is 5.07. The molecular formula is C21H20N4O2. The van der Waals surface area contributed by atoms with Crippen LogP contribution in [0.5, 0.6) is 5.75 Å². The molecule has 0 spiro atoms. The number of aromatic nitrogens is 2. The minimum absolute atomic E-state index is 0.344. The van der Waals surface area contributed by atoms with Crippen molar-refractivity contribution in [1.82, 2.24) is 15.6 Å². The van der Waals surface area contributed by atoms with Crippen LogP contribution in [0.2, 0.25) is 0 Å². The van der Waals surface area contributed by atoms with Crippen molar-refractivity contribution in [3.63, 3.8) is 0 Å². The molecule has 1 amide bonds. The van der Waals surface area contributed by atoms with Gasteiger partial charge in [-0.15, -0.1) is 0 Å². The lowest BCUT2D eigenvalue weighted by atomic mass is 10.1. The summed E-state index contributed by atoms with van der Waals surface area (Å²) < 4.78 is 5.27. The number of amides is 1. The van der Waals surface area contributed by atoms with Gasteiger partial charge in [-0.25, -0.2) is 5.43 Å². The highest BCUT2D eigenvalue weighted by molar-refractivity contribution is 5.94. The third-order valence-electron chi connectivity index (χ3n) is 3.91. The number of benzene rings is 2. The van der Waals surface area contributed by atoms with E-state index in [4.69, 9.17) is 4.74 Å². The van der Waals surface area contributed by atoms with Gasteiger partial charge in [0, 0.05) is 17.3 Å². The Kier molecular flexibility index (Phi) is 5.79. The Labute approximate surface area is 157 Å². The van der Waals surface area contributed by atoms with E-state index in [9.17, 15) is 4.79 Å². The molecule has 0 aliphatic heterocycles. The van der Waals surface area contributed by atoms with E-state index in [1.807, 2.05) is 61.5 Å². The number of para-hydroxylation sites is 1. The van der Waals surface area contributed by atoms with Gasteiger partial charge in [-0.05, 0) is 31.2 Å². The number of carbonyl (C=O) groups is 1. The minimum Gasteiger partial charge on any atom is -0.496 e. The molecule has 2 N–H and O–H groups in total. The molecule has 136 valence electrons. The third-order valence-corrected chi connectivity index (χ3v) is 3.91. The average molecular weight is 360 g/mol. The van der Waals surface area contributed by atoms with Crippen LogP contribution in [-0.4, -0.2) is 29.4 Å². The molecule has 0 atom stereocenters. The van der Waals surface area contributed by atoms with Gasteiger partial charge in [0.2, 0.25) is 0 Å². The highest BCUT2D eigenvalue weighted by Gasteiger charge is 2.10. The molecular weight excluding hydrogens is 340 g/mol. The fraction of sp³-hybridized carbons (Fsp3) is 0.0952. The fourth-order valence-electron chi connectivity index (χ4n) is 2.46. The number of hydrazone groups is 1. The summed E-state index contributed by atoms with van der Waals surface area (Å²) in [7, 11) is 1.62. The molecule has 0 radical (unpaired) electrons. The Morgan fingerprint density at radius 3 is 2.74 bits per heavy atom. The Bertz CT molecular complexity index is 972. The van der Waals surface area contributed by atoms with E-state index in [0.717, 1.165) is 16.9 Å². The van der Waals surface area contributed by atoms with E-state index >= 15 is 0 Å². The number of H-pyrrole nitrogens is 1. The molecule has 0 aliphatic carbocycles. The van der Waals surface area contributed by atoms with Crippen molar-refractivity contribution in [1.29, 1.82) is 0 Å². The highest BCUT2D eigenvalue weighted by Crippen LogP contribution is 2.19. The largest absolute Gasteiger partial charge is 0.496 e. The van der Waals surface area contributed by atoms with Crippen LogP contribution in [0, 0.1) is 6.92 Å². The number of hydrogen-bond donors (Lipinski definition) is 2. The summed E-state index contributed by atoms with van der Waals surface area (Å²) in [5.74, 6) is 0.412. The SMILES string of the molecule is COc1ccccc1/C=C/C=N\NC(=O)c1cc(-c2ccc(C)cc2)n[nH]1. The molecule has 0 saturated heterocycles. The van der Waals surface area contributed by atoms with Gasteiger partial charge >= 0.3 is 0 Å². The summed E-state index contributed by atoms with van der Waals surface area (Å²) in [6, 6.07) is 17.3. The van der Waals surface area contributed by atoms with Crippen LogP contribution in [0.4, 0.5) is 0 Å². The van der Waals surface area contributed by atoms with Gasteiger partial charge in [-0.2, -0.15) is 10.2 Å². The van der Waals surface area contributed by atoms with Crippen molar-refractivity contribution in [2.24, 2.45) is 5.10 Å². The van der Waals surface area contributed by atoms with Crippen molar-refractivity contribution in [2.75, 3.05) is 7.11 Å². The average Bonchev–Trinajstić information content (AvgIpc) is 3.19. The zero-order valence-corrected chi connectivity index (χ0v) is 15.1. The molecule has 3 aromatic rings. The molecule has 6 nitrogen and oxygen atoms in total. The van der Waals surface area contributed by atoms with Crippen molar-refractivity contribution in [3.8, 4) is 17.0 Å². The van der Waals surface area contributed by atoms with E-state index in [2.05, 4.69) is 20.7 Å². The lowest BCUT2D eigenvalue weighted by Gasteiger charge is -2.02. The number of rotatable bonds is 6. The fourth-order valence-corrected chi connectivity index (χ4v) is 2.46. The lowest BCUT2D eigenvalue weighted by Crippen LogP contribution is -2.17. The minimum atomic E-state index is -0.359. The monoisotopic (exact) mass is 360 g/mol. The van der Waals surface area contributed by atoms with Gasteiger partial charge < -0.3 is 4.74 Å². The predicted octanol–water partition coefficient (Wildman–Crippen LogP) is 3.82. The van der Waals surface area contributed by atoms with Crippen LogP contribution < -0.4 is 10.2 Å². The second-order valence-corrected chi connectivity index (χ2v) is 5.85. The Morgan fingerprint density at radius 1 is 1.19 bits per heavy atom. The van der Waals surface area contributed by atoms with Crippen molar-refractivity contribution in [2.45, 2.75) is 6.92 Å². The molecule has 0 saturated carbocycles. The van der Waals surface area contributed by atoms with E-state index in [0.29, 0.717) is 11.4 Å². The van der Waals surface area contributed by atoms with Gasteiger partial charge in [0.15, 0.2) is 0 Å². The molecule has 0 aliphatic rings. The maximum Gasteiger partial charge on any atom is 0.289 e. The van der Waals surface area contributed by atoms with Gasteiger partial charge in [-0.3, -0.25) is 9.89 Å². The first-order chi connectivity index (χ1) is 13.2. The van der Waals surface area contributed by atoms with E-state index in [-0.39, 0.29) is 5.91 Å². The third kappa shape index (κ3) is 4.70. The molecule has 3 rings (SSSR count). The number of aryl methyl sites for hydroxylation is 1. The number of methoxy groups -OCH3 is 1. The molecule has 27 heavy (non-hydrogen) atoms. The first-order valence-corrected chi connectivity index (χ1v) is 8.43. The molecule has 0 bridgehead atoms. The zero-order chi connectivity index (χ0) is 19.1. The zero-order valence-electron chi connectivity index (χ0n) is 15.1. The number of carbonyl (C=O) groups excluding carboxylic acids is 1. The van der Waals surface area contributed by atoms with Crippen LogP contribution in [-0.2, 0) is 0 Å². The molecule has 1 heterocycles. The Morgan fingerprint density at radius 2 is 1.96 bits per heavy atom. The number of ether oxygens (including phenoxy) is 1. The van der Waals surface area contributed by atoms with Gasteiger partial charge in [0.25, 0.3) is 5.91 Å². The number of allylic oxidation sites excluding steroid dienone is 1. The highest BCUT2D eigenvalue weighted by atomic mass is 16.5. The second-order valence-electron chi connectivity index (χ2n) is 5.85. The number of hydrogen-bond acceptors (Lipinski definition) is 4. The van der Waals surface area contributed by atoms with E-state index < -0.39 is 0 Å². The Balaban J connectivity index is 1.58. The number of nitrogens with one attached hydrogen (secondary N) is 2. The molecule has 1 aromatic heterocycles. The number of aromatic amines is 1. The first kappa shape index (κ1) is 18.1. The summed E-state index contributed by atoms with van der Waals surface area (Å²) >= 11 is 0. The van der Waals surface area contributed by atoms with Gasteiger partial charge in [0.1, 0.15) is 11.4 Å². The van der Waals surface area contributed by atoms with Crippen LogP contribution in [0.3, 0.4) is 0 Å². The Hall–Kier alpha value is -3.67. The maximum atomic E-state index is 12.1. The van der Waals surface area contributed by atoms with Gasteiger partial charge in [0.05, 0.1) is 12.8 Å². The standard InChI is InChI=1S/C21H20N4O2/c1-15-9-11-16(12-10-15)18-14-19(24-23-18)21(26)25-22-13-5-7-17-6-3-4-8-20(17)27-2/h3-14H,1-2H3,(H,23,24)(H,25,26)/b7-5+,22-13-. The number of nitrogens with zero attached hydrogens (tertiary/aromatic N) is 2. The summed E-state index contributed by atoms with van der Waals surface area (Å²) in [5, 5.41) is 10.8. The van der Waals surface area contributed by atoms with E-state index in [1.54, 1.807) is 19.3 Å². The topological polar surface area (TPSA) is 79.4 Å². The second kappa shape index (κ2) is 8.62. The lowest BCUT2D eigenvalue weighted by molar-refractivity contribution is 0.0950. The molecule has 0 unspecified atom stereocenters. The quantitative estimate of drug-likeness (QED) is 0.518. The van der Waals surface area contributed by atoms with Crippen LogP contribution in [0.1, 0.15) is 21.6 Å². The molecule has 0 fully saturated rings.